The average molecular weight is 573 g/mol. The van der Waals surface area contributed by atoms with Crippen LogP contribution in [-0.4, -0.2) is 7.11 Å². The zero-order valence-corrected chi connectivity index (χ0v) is 23.0. The maximum absolute atomic E-state index is 6.33. The molecule has 1 N–H and O–H groups in total. The maximum Gasteiger partial charge on any atom is 0.175 e. The Morgan fingerprint density at radius 1 is 1.09 bits per heavy atom. The van der Waals surface area contributed by atoms with Crippen molar-refractivity contribution >= 4 is 44.8 Å². The molecule has 2 aliphatic rings. The molecule has 1 aliphatic heterocycles. The van der Waals surface area contributed by atoms with Crippen molar-refractivity contribution in [3.8, 4) is 11.5 Å². The van der Waals surface area contributed by atoms with Crippen LogP contribution in [0, 0.1) is 5.92 Å². The Morgan fingerprint density at radius 2 is 1.91 bits per heavy atom. The van der Waals surface area contributed by atoms with E-state index in [0.29, 0.717) is 45.9 Å². The van der Waals surface area contributed by atoms with Crippen molar-refractivity contribution in [2.24, 2.45) is 5.92 Å². The van der Waals surface area contributed by atoms with Gasteiger partial charge in [0.05, 0.1) is 17.6 Å². The van der Waals surface area contributed by atoms with Crippen LogP contribution in [0.1, 0.15) is 60.4 Å². The zero-order valence-electron chi connectivity index (χ0n) is 19.9. The van der Waals surface area contributed by atoms with Gasteiger partial charge in [-0.05, 0) is 81.2 Å². The summed E-state index contributed by atoms with van der Waals surface area (Å²) in [6.07, 6.45) is 5.74. The van der Waals surface area contributed by atoms with Crippen LogP contribution in [0.3, 0.4) is 0 Å². The summed E-state index contributed by atoms with van der Waals surface area (Å²) in [7, 11) is 1.67. The summed E-state index contributed by atoms with van der Waals surface area (Å²) in [5, 5.41) is 5.01. The van der Waals surface area contributed by atoms with Crippen molar-refractivity contribution in [1.29, 1.82) is 0 Å². The third kappa shape index (κ3) is 4.81. The maximum atomic E-state index is 6.33. The molecule has 3 aromatic rings. The molecule has 0 fully saturated rings. The van der Waals surface area contributed by atoms with Crippen molar-refractivity contribution in [1.82, 2.24) is 0 Å². The molecule has 1 aliphatic carbocycles. The number of allylic oxidation sites excluding steroid dienone is 2. The van der Waals surface area contributed by atoms with E-state index in [1.807, 2.05) is 12.1 Å². The first kappa shape index (κ1) is 24.5. The average Bonchev–Trinajstić information content (AvgIpc) is 3.33. The monoisotopic (exact) mass is 571 g/mol. The standard InChI is InChI=1S/C29H28BrCl2NO2/c1-16(2)17-8-10-26-23(11-17)21-5-4-6-22(21)28(33-26)19-12-24(30)29(27(13-19)34-3)35-15-18-7-9-20(31)14-25(18)32/h4-5,7-14,16,21-22,28,33H,6,15H2,1-3H3/t21-,22+,28+/m1/s1. The summed E-state index contributed by atoms with van der Waals surface area (Å²) in [6, 6.07) is 16.7. The van der Waals surface area contributed by atoms with Crippen molar-refractivity contribution in [3.05, 3.63) is 97.5 Å². The van der Waals surface area contributed by atoms with Crippen molar-refractivity contribution in [3.63, 3.8) is 0 Å². The molecular weight excluding hydrogens is 545 g/mol. The fourth-order valence-electron chi connectivity index (χ4n) is 5.15. The van der Waals surface area contributed by atoms with Gasteiger partial charge in [-0.3, -0.25) is 0 Å². The minimum Gasteiger partial charge on any atom is -0.493 e. The molecule has 3 atom stereocenters. The smallest absolute Gasteiger partial charge is 0.175 e. The predicted octanol–water partition coefficient (Wildman–Crippen LogP) is 9.29. The SMILES string of the molecule is COc1cc([C@@H]2Nc3ccc(C(C)C)cc3[C@@H]3C=CC[C@@H]32)cc(Br)c1OCc1ccc(Cl)cc1Cl. The van der Waals surface area contributed by atoms with E-state index in [1.165, 1.54) is 22.4 Å². The van der Waals surface area contributed by atoms with E-state index in [-0.39, 0.29) is 6.04 Å². The molecule has 0 saturated heterocycles. The van der Waals surface area contributed by atoms with Crippen molar-refractivity contribution in [2.75, 3.05) is 12.4 Å². The molecule has 0 unspecified atom stereocenters. The second kappa shape index (κ2) is 10.1. The van der Waals surface area contributed by atoms with Gasteiger partial charge < -0.3 is 14.8 Å². The lowest BCUT2D eigenvalue weighted by Gasteiger charge is -2.38. The summed E-state index contributed by atoms with van der Waals surface area (Å²) in [5.74, 6) is 2.70. The van der Waals surface area contributed by atoms with E-state index in [1.54, 1.807) is 13.2 Å². The molecule has 0 amide bonds. The summed E-state index contributed by atoms with van der Waals surface area (Å²) in [6.45, 7) is 4.81. The second-order valence-corrected chi connectivity index (χ2v) is 11.2. The van der Waals surface area contributed by atoms with Gasteiger partial charge in [-0.15, -0.1) is 0 Å². The Bertz CT molecular complexity index is 1290. The quantitative estimate of drug-likeness (QED) is 0.298. The Morgan fingerprint density at radius 3 is 2.66 bits per heavy atom. The van der Waals surface area contributed by atoms with E-state index >= 15 is 0 Å². The molecule has 35 heavy (non-hydrogen) atoms. The molecule has 5 rings (SSSR count). The molecule has 0 aromatic heterocycles. The fourth-order valence-corrected chi connectivity index (χ4v) is 6.19. The highest BCUT2D eigenvalue weighted by atomic mass is 79.9. The van der Waals surface area contributed by atoms with Gasteiger partial charge in [-0.25, -0.2) is 0 Å². The first-order valence-electron chi connectivity index (χ1n) is 11.9. The number of nitrogens with one attached hydrogen (secondary N) is 1. The van der Waals surface area contributed by atoms with E-state index < -0.39 is 0 Å². The highest BCUT2D eigenvalue weighted by Gasteiger charge is 2.38. The lowest BCUT2D eigenvalue weighted by atomic mass is 9.76. The highest BCUT2D eigenvalue weighted by Crippen LogP contribution is 2.51. The van der Waals surface area contributed by atoms with Gasteiger partial charge in [0.1, 0.15) is 6.61 Å². The number of ether oxygens (including phenoxy) is 2. The molecule has 6 heteroatoms. The summed E-state index contributed by atoms with van der Waals surface area (Å²) in [4.78, 5) is 0. The third-order valence-electron chi connectivity index (χ3n) is 7.05. The van der Waals surface area contributed by atoms with Crippen LogP contribution >= 0.6 is 39.1 Å². The molecule has 0 saturated carbocycles. The highest BCUT2D eigenvalue weighted by molar-refractivity contribution is 9.10. The number of benzene rings is 3. The van der Waals surface area contributed by atoms with Crippen LogP contribution < -0.4 is 14.8 Å². The molecule has 3 aromatic carbocycles. The first-order chi connectivity index (χ1) is 16.9. The molecule has 3 nitrogen and oxygen atoms in total. The minimum absolute atomic E-state index is 0.164. The lowest BCUT2D eigenvalue weighted by molar-refractivity contribution is 0.282. The number of hydrogen-bond acceptors (Lipinski definition) is 3. The predicted molar refractivity (Wildman–Crippen MR) is 148 cm³/mol. The Labute approximate surface area is 225 Å². The number of hydrogen-bond donors (Lipinski definition) is 1. The van der Waals surface area contributed by atoms with Crippen LogP contribution in [0.15, 0.2) is 65.2 Å². The summed E-state index contributed by atoms with van der Waals surface area (Å²) < 4.78 is 12.8. The lowest BCUT2D eigenvalue weighted by Crippen LogP contribution is -2.29. The molecule has 1 heterocycles. The van der Waals surface area contributed by atoms with E-state index in [9.17, 15) is 0 Å². The number of rotatable bonds is 6. The first-order valence-corrected chi connectivity index (χ1v) is 13.4. The van der Waals surface area contributed by atoms with Gasteiger partial charge in [-0.2, -0.15) is 0 Å². The summed E-state index contributed by atoms with van der Waals surface area (Å²) in [5.41, 5.74) is 6.02. The van der Waals surface area contributed by atoms with Gasteiger partial charge in [-0.1, -0.05) is 67.4 Å². The number of fused-ring (bicyclic) bond motifs is 3. The second-order valence-electron chi connectivity index (χ2n) is 9.54. The Kier molecular flexibility index (Phi) is 7.07. The molecule has 0 spiro atoms. The molecular formula is C29H28BrCl2NO2. The normalized spacial score (nSPS) is 20.4. The van der Waals surface area contributed by atoms with Crippen LogP contribution in [-0.2, 0) is 6.61 Å². The van der Waals surface area contributed by atoms with E-state index in [0.717, 1.165) is 16.5 Å². The van der Waals surface area contributed by atoms with Gasteiger partial charge in [0.15, 0.2) is 11.5 Å². The molecule has 0 bridgehead atoms. The summed E-state index contributed by atoms with van der Waals surface area (Å²) >= 11 is 16.1. The van der Waals surface area contributed by atoms with Gasteiger partial charge in [0.25, 0.3) is 0 Å². The van der Waals surface area contributed by atoms with Gasteiger partial charge >= 0.3 is 0 Å². The zero-order chi connectivity index (χ0) is 24.7. The van der Waals surface area contributed by atoms with Crippen LogP contribution in [0.2, 0.25) is 10.0 Å². The largest absolute Gasteiger partial charge is 0.493 e. The number of anilines is 1. The van der Waals surface area contributed by atoms with Gasteiger partial charge in [0.2, 0.25) is 0 Å². The Balaban J connectivity index is 1.44. The van der Waals surface area contributed by atoms with Crippen molar-refractivity contribution in [2.45, 2.75) is 44.8 Å². The van der Waals surface area contributed by atoms with Crippen LogP contribution in [0.4, 0.5) is 5.69 Å². The molecule has 182 valence electrons. The van der Waals surface area contributed by atoms with Crippen LogP contribution in [0.25, 0.3) is 0 Å². The van der Waals surface area contributed by atoms with Gasteiger partial charge in [0, 0.05) is 27.2 Å². The number of halogens is 3. The topological polar surface area (TPSA) is 30.5 Å². The minimum atomic E-state index is 0.164. The third-order valence-corrected chi connectivity index (χ3v) is 8.23. The van der Waals surface area contributed by atoms with Crippen LogP contribution in [0.5, 0.6) is 11.5 Å². The Hall–Kier alpha value is -2.14. The number of methoxy groups -OCH3 is 1. The van der Waals surface area contributed by atoms with E-state index in [2.05, 4.69) is 77.6 Å². The van der Waals surface area contributed by atoms with E-state index in [4.69, 9.17) is 32.7 Å². The molecule has 0 radical (unpaired) electrons. The van der Waals surface area contributed by atoms with Crippen molar-refractivity contribution < 1.29 is 9.47 Å². The fraction of sp³-hybridized carbons (Fsp3) is 0.310.